The van der Waals surface area contributed by atoms with Crippen LogP contribution in [0.25, 0.3) is 0 Å². The molecule has 0 saturated carbocycles. The average Bonchev–Trinajstić information content (AvgIpc) is 2.35. The van der Waals surface area contributed by atoms with Crippen molar-refractivity contribution in [3.8, 4) is 0 Å². The molecule has 100 valence electrons. The van der Waals surface area contributed by atoms with Crippen LogP contribution < -0.4 is 11.1 Å². The van der Waals surface area contributed by atoms with Gasteiger partial charge < -0.3 is 16.3 Å². The monoisotopic (exact) mass is 261 g/mol. The minimum Gasteiger partial charge on any atom is -0.409 e. The molecule has 0 aliphatic heterocycles. The van der Waals surface area contributed by atoms with E-state index in [0.717, 1.165) is 6.42 Å². The normalized spacial score (nSPS) is 17.3. The molecule has 0 aromatic carbocycles. The number of oxime groups is 1. The van der Waals surface area contributed by atoms with Crippen molar-refractivity contribution < 1.29 is 10.0 Å². The molecule has 2 atom stereocenters. The maximum Gasteiger partial charge on any atom is 0.233 e. The summed E-state index contributed by atoms with van der Waals surface area (Å²) in [5.74, 6) is -0.237. The summed E-state index contributed by atoms with van der Waals surface area (Å²) in [7, 11) is 0. The van der Waals surface area contributed by atoms with Gasteiger partial charge in [-0.25, -0.2) is 0 Å². The van der Waals surface area contributed by atoms with Crippen LogP contribution in [0.5, 0.6) is 0 Å². The van der Waals surface area contributed by atoms with Crippen LogP contribution in [0, 0.1) is 5.41 Å². The summed E-state index contributed by atoms with van der Waals surface area (Å²) in [6.07, 6.45) is 3.44. The first-order chi connectivity index (χ1) is 7.92. The van der Waals surface area contributed by atoms with Crippen LogP contribution in [0.4, 0.5) is 0 Å². The van der Waals surface area contributed by atoms with Gasteiger partial charge in [0.2, 0.25) is 5.91 Å². The van der Waals surface area contributed by atoms with Gasteiger partial charge in [0, 0.05) is 11.8 Å². The lowest BCUT2D eigenvalue weighted by Crippen LogP contribution is -2.48. The zero-order valence-corrected chi connectivity index (χ0v) is 11.8. The fourth-order valence-electron chi connectivity index (χ4n) is 1.27. The van der Waals surface area contributed by atoms with Gasteiger partial charge in [0.15, 0.2) is 5.84 Å². The molecule has 17 heavy (non-hydrogen) atoms. The molecular formula is C11H23N3O2S. The first-order valence-electron chi connectivity index (χ1n) is 5.71. The summed E-state index contributed by atoms with van der Waals surface area (Å²) >= 11 is 1.76. The third-order valence-corrected chi connectivity index (χ3v) is 4.16. The number of rotatable bonds is 7. The number of nitrogens with one attached hydrogen (secondary N) is 1. The number of carbonyl (C=O) groups is 1. The Labute approximate surface area is 107 Å². The predicted octanol–water partition coefficient (Wildman–Crippen LogP) is 1.41. The molecule has 0 aromatic heterocycles. The number of nitrogens with two attached hydrogens (primary N) is 1. The van der Waals surface area contributed by atoms with Gasteiger partial charge >= 0.3 is 0 Å². The van der Waals surface area contributed by atoms with Gasteiger partial charge in [-0.05, 0) is 26.0 Å². The van der Waals surface area contributed by atoms with E-state index < -0.39 is 5.41 Å². The molecule has 2 unspecified atom stereocenters. The largest absolute Gasteiger partial charge is 0.409 e. The van der Waals surface area contributed by atoms with E-state index in [1.54, 1.807) is 18.7 Å². The Morgan fingerprint density at radius 3 is 2.65 bits per heavy atom. The van der Waals surface area contributed by atoms with E-state index >= 15 is 0 Å². The number of amides is 1. The van der Waals surface area contributed by atoms with Crippen molar-refractivity contribution in [2.75, 3.05) is 12.8 Å². The van der Waals surface area contributed by atoms with E-state index in [0.29, 0.717) is 18.2 Å². The minimum absolute atomic E-state index is 0.0459. The van der Waals surface area contributed by atoms with E-state index in [-0.39, 0.29) is 11.7 Å². The second-order valence-corrected chi connectivity index (χ2v) is 5.54. The lowest BCUT2D eigenvalue weighted by Gasteiger charge is -2.25. The van der Waals surface area contributed by atoms with Gasteiger partial charge in [-0.1, -0.05) is 19.0 Å². The van der Waals surface area contributed by atoms with Gasteiger partial charge in [-0.3, -0.25) is 4.79 Å². The second-order valence-electron chi connectivity index (χ2n) is 4.26. The zero-order chi connectivity index (χ0) is 13.5. The highest BCUT2D eigenvalue weighted by Gasteiger charge is 2.36. The molecule has 0 aromatic rings. The smallest absolute Gasteiger partial charge is 0.233 e. The summed E-state index contributed by atoms with van der Waals surface area (Å²) in [5, 5.41) is 15.0. The second kappa shape index (κ2) is 7.42. The molecule has 0 heterocycles. The Hall–Kier alpha value is -0.910. The summed E-state index contributed by atoms with van der Waals surface area (Å²) in [4.78, 5) is 12.0. The Morgan fingerprint density at radius 2 is 2.24 bits per heavy atom. The summed E-state index contributed by atoms with van der Waals surface area (Å²) in [6.45, 7) is 6.23. The van der Waals surface area contributed by atoms with Crippen molar-refractivity contribution in [1.82, 2.24) is 5.32 Å². The van der Waals surface area contributed by atoms with Gasteiger partial charge in [0.1, 0.15) is 5.41 Å². The predicted molar refractivity (Wildman–Crippen MR) is 72.4 cm³/mol. The number of hydrogen-bond donors (Lipinski definition) is 3. The summed E-state index contributed by atoms with van der Waals surface area (Å²) in [5.41, 5.74) is 4.62. The van der Waals surface area contributed by atoms with Crippen LogP contribution in [-0.2, 0) is 4.79 Å². The molecule has 0 saturated heterocycles. The number of thioether (sulfide) groups is 1. The van der Waals surface area contributed by atoms with Gasteiger partial charge in [-0.15, -0.1) is 0 Å². The molecule has 6 heteroatoms. The molecule has 0 aliphatic rings. The van der Waals surface area contributed by atoms with Gasteiger partial charge in [0.05, 0.1) is 0 Å². The van der Waals surface area contributed by atoms with E-state index in [2.05, 4.69) is 17.4 Å². The SMILES string of the molecule is CCC(C)(C(=O)NCCC(C)SC)C(N)=NO. The highest BCUT2D eigenvalue weighted by Crippen LogP contribution is 2.21. The Bertz CT molecular complexity index is 284. The van der Waals surface area contributed by atoms with E-state index in [4.69, 9.17) is 10.9 Å². The highest BCUT2D eigenvalue weighted by molar-refractivity contribution is 7.99. The summed E-state index contributed by atoms with van der Waals surface area (Å²) in [6, 6.07) is 0. The van der Waals surface area contributed by atoms with Crippen molar-refractivity contribution in [1.29, 1.82) is 0 Å². The molecule has 0 spiro atoms. The number of hydrogen-bond acceptors (Lipinski definition) is 4. The minimum atomic E-state index is -0.933. The standard InChI is InChI=1S/C11H23N3O2S/c1-5-11(3,9(12)14-16)10(15)13-7-6-8(2)17-4/h8,16H,5-7H2,1-4H3,(H2,12,14)(H,13,15). The number of nitrogens with zero attached hydrogens (tertiary/aromatic N) is 1. The van der Waals surface area contributed by atoms with Crippen molar-refractivity contribution in [3.63, 3.8) is 0 Å². The topological polar surface area (TPSA) is 87.7 Å². The summed E-state index contributed by atoms with van der Waals surface area (Å²) < 4.78 is 0. The fourth-order valence-corrected chi connectivity index (χ4v) is 1.62. The van der Waals surface area contributed by atoms with Crippen LogP contribution in [0.2, 0.25) is 0 Å². The first-order valence-corrected chi connectivity index (χ1v) is 7.00. The molecule has 0 radical (unpaired) electrons. The van der Waals surface area contributed by atoms with Crippen molar-refractivity contribution in [2.45, 2.75) is 38.9 Å². The lowest BCUT2D eigenvalue weighted by atomic mass is 9.85. The van der Waals surface area contributed by atoms with Crippen LogP contribution in [0.1, 0.15) is 33.6 Å². The molecule has 0 aliphatic carbocycles. The van der Waals surface area contributed by atoms with Crippen LogP contribution in [-0.4, -0.2) is 35.0 Å². The Kier molecular flexibility index (Phi) is 7.03. The number of amidine groups is 1. The van der Waals surface area contributed by atoms with Crippen LogP contribution in [0.15, 0.2) is 5.16 Å². The molecule has 0 fully saturated rings. The fraction of sp³-hybridized carbons (Fsp3) is 0.818. The van der Waals surface area contributed by atoms with Crippen molar-refractivity contribution in [2.24, 2.45) is 16.3 Å². The van der Waals surface area contributed by atoms with E-state index in [1.165, 1.54) is 0 Å². The third-order valence-electron chi connectivity index (χ3n) is 3.12. The molecule has 5 nitrogen and oxygen atoms in total. The van der Waals surface area contributed by atoms with Crippen LogP contribution in [0.3, 0.4) is 0 Å². The molecule has 4 N–H and O–H groups in total. The van der Waals surface area contributed by atoms with Crippen molar-refractivity contribution >= 4 is 23.5 Å². The number of carbonyl (C=O) groups excluding carboxylic acids is 1. The van der Waals surface area contributed by atoms with E-state index in [1.807, 2.05) is 13.2 Å². The lowest BCUT2D eigenvalue weighted by molar-refractivity contribution is -0.127. The average molecular weight is 261 g/mol. The Morgan fingerprint density at radius 1 is 1.65 bits per heavy atom. The molecular weight excluding hydrogens is 238 g/mol. The van der Waals surface area contributed by atoms with E-state index in [9.17, 15) is 4.79 Å². The van der Waals surface area contributed by atoms with Crippen molar-refractivity contribution in [3.05, 3.63) is 0 Å². The molecule has 1 amide bonds. The zero-order valence-electron chi connectivity index (χ0n) is 11.0. The molecule has 0 rings (SSSR count). The molecule has 0 bridgehead atoms. The Balaban J connectivity index is 4.37. The maximum atomic E-state index is 12.0. The first kappa shape index (κ1) is 16.1. The third kappa shape index (κ3) is 4.46. The maximum absolute atomic E-state index is 12.0. The van der Waals surface area contributed by atoms with Crippen LogP contribution >= 0.6 is 11.8 Å². The van der Waals surface area contributed by atoms with Gasteiger partial charge in [-0.2, -0.15) is 11.8 Å². The van der Waals surface area contributed by atoms with Gasteiger partial charge in [0.25, 0.3) is 0 Å². The quantitative estimate of drug-likeness (QED) is 0.280. The highest BCUT2D eigenvalue weighted by atomic mass is 32.2.